The first-order chi connectivity index (χ1) is 13.4. The van der Waals surface area contributed by atoms with Crippen molar-refractivity contribution in [3.05, 3.63) is 43.3 Å². The SMILES string of the molecule is Cc1nc(N2CCC(CO)CC2)c2c(C)cn(-c3c(Cl)cc(Cl)cc3I)c2n1. The summed E-state index contributed by atoms with van der Waals surface area (Å²) < 4.78 is 3.01. The monoisotopic (exact) mass is 530 g/mol. The van der Waals surface area contributed by atoms with E-state index in [1.807, 2.05) is 17.6 Å². The molecule has 1 saturated heterocycles. The van der Waals surface area contributed by atoms with Crippen LogP contribution in [0.25, 0.3) is 16.7 Å². The van der Waals surface area contributed by atoms with Gasteiger partial charge in [-0.3, -0.25) is 4.57 Å². The van der Waals surface area contributed by atoms with Crippen LogP contribution in [-0.4, -0.2) is 39.3 Å². The Morgan fingerprint density at radius 2 is 1.89 bits per heavy atom. The summed E-state index contributed by atoms with van der Waals surface area (Å²) in [6.45, 7) is 6.04. The van der Waals surface area contributed by atoms with Crippen LogP contribution in [0.4, 0.5) is 5.82 Å². The van der Waals surface area contributed by atoms with Gasteiger partial charge in [0, 0.05) is 34.5 Å². The molecule has 1 aliphatic heterocycles. The normalized spacial score (nSPS) is 15.6. The van der Waals surface area contributed by atoms with Crippen LogP contribution >= 0.6 is 45.8 Å². The molecule has 2 aromatic heterocycles. The van der Waals surface area contributed by atoms with Crippen LogP contribution in [0.2, 0.25) is 10.0 Å². The number of piperidine rings is 1. The Hall–Kier alpha value is -1.09. The van der Waals surface area contributed by atoms with Crippen LogP contribution in [0.1, 0.15) is 24.2 Å². The first-order valence-electron chi connectivity index (χ1n) is 9.26. The van der Waals surface area contributed by atoms with Gasteiger partial charge in [0.15, 0.2) is 5.65 Å². The van der Waals surface area contributed by atoms with Gasteiger partial charge < -0.3 is 10.0 Å². The van der Waals surface area contributed by atoms with Gasteiger partial charge in [-0.05, 0) is 72.9 Å². The first kappa shape index (κ1) is 20.2. The van der Waals surface area contributed by atoms with E-state index >= 15 is 0 Å². The van der Waals surface area contributed by atoms with Crippen molar-refractivity contribution >= 4 is 62.6 Å². The van der Waals surface area contributed by atoms with Crippen LogP contribution in [0.15, 0.2) is 18.3 Å². The minimum Gasteiger partial charge on any atom is -0.396 e. The second-order valence-electron chi connectivity index (χ2n) is 7.31. The average molecular weight is 531 g/mol. The van der Waals surface area contributed by atoms with Gasteiger partial charge >= 0.3 is 0 Å². The zero-order valence-corrected chi connectivity index (χ0v) is 19.4. The predicted octanol–water partition coefficient (Wildman–Crippen LogP) is 5.16. The summed E-state index contributed by atoms with van der Waals surface area (Å²) in [6, 6.07) is 3.66. The summed E-state index contributed by atoms with van der Waals surface area (Å²) >= 11 is 15.0. The third-order valence-electron chi connectivity index (χ3n) is 5.32. The fourth-order valence-electron chi connectivity index (χ4n) is 3.88. The molecule has 0 unspecified atom stereocenters. The summed E-state index contributed by atoms with van der Waals surface area (Å²) in [5.74, 6) is 2.08. The third-order valence-corrected chi connectivity index (χ3v) is 6.65. The summed E-state index contributed by atoms with van der Waals surface area (Å²) in [4.78, 5) is 11.9. The molecule has 28 heavy (non-hydrogen) atoms. The second-order valence-corrected chi connectivity index (χ2v) is 9.31. The van der Waals surface area contributed by atoms with Crippen molar-refractivity contribution in [3.63, 3.8) is 0 Å². The zero-order chi connectivity index (χ0) is 20.0. The summed E-state index contributed by atoms with van der Waals surface area (Å²) in [5.41, 5.74) is 2.84. The van der Waals surface area contributed by atoms with Crippen LogP contribution < -0.4 is 4.90 Å². The smallest absolute Gasteiger partial charge is 0.150 e. The number of halogens is 3. The van der Waals surface area contributed by atoms with E-state index in [1.54, 1.807) is 6.07 Å². The Morgan fingerprint density at radius 1 is 1.18 bits per heavy atom. The quantitative estimate of drug-likeness (QED) is 0.475. The molecule has 148 valence electrons. The highest BCUT2D eigenvalue weighted by atomic mass is 127. The highest BCUT2D eigenvalue weighted by molar-refractivity contribution is 14.1. The van der Waals surface area contributed by atoms with Gasteiger partial charge in [-0.15, -0.1) is 0 Å². The maximum absolute atomic E-state index is 9.44. The molecule has 1 N–H and O–H groups in total. The van der Waals surface area contributed by atoms with Crippen LogP contribution in [0.3, 0.4) is 0 Å². The number of aliphatic hydroxyl groups is 1. The molecular weight excluding hydrogens is 510 g/mol. The first-order valence-corrected chi connectivity index (χ1v) is 11.1. The molecule has 0 bridgehead atoms. The molecule has 1 aromatic carbocycles. The van der Waals surface area contributed by atoms with E-state index in [9.17, 15) is 5.11 Å². The van der Waals surface area contributed by atoms with Crippen LogP contribution in [-0.2, 0) is 0 Å². The number of rotatable bonds is 3. The minimum absolute atomic E-state index is 0.259. The van der Waals surface area contributed by atoms with Gasteiger partial charge in [-0.2, -0.15) is 0 Å². The highest BCUT2D eigenvalue weighted by Crippen LogP contribution is 2.36. The number of nitrogens with zero attached hydrogens (tertiary/aromatic N) is 4. The largest absolute Gasteiger partial charge is 0.396 e. The average Bonchev–Trinajstić information content (AvgIpc) is 2.96. The van der Waals surface area contributed by atoms with E-state index in [1.165, 1.54) is 0 Å². The molecule has 5 nitrogen and oxygen atoms in total. The lowest BCUT2D eigenvalue weighted by molar-refractivity contribution is 0.203. The predicted molar refractivity (Wildman–Crippen MR) is 123 cm³/mol. The molecule has 1 fully saturated rings. The number of hydrogen-bond acceptors (Lipinski definition) is 4. The van der Waals surface area contributed by atoms with E-state index < -0.39 is 0 Å². The van der Waals surface area contributed by atoms with Crippen molar-refractivity contribution in [3.8, 4) is 5.69 Å². The van der Waals surface area contributed by atoms with Crippen molar-refractivity contribution in [2.45, 2.75) is 26.7 Å². The zero-order valence-electron chi connectivity index (χ0n) is 15.7. The number of fused-ring (bicyclic) bond motifs is 1. The fraction of sp³-hybridized carbons (Fsp3) is 0.400. The Morgan fingerprint density at radius 3 is 2.54 bits per heavy atom. The maximum Gasteiger partial charge on any atom is 0.150 e. The molecule has 0 radical (unpaired) electrons. The molecular formula is C20H21Cl2IN4O. The van der Waals surface area contributed by atoms with Crippen LogP contribution in [0.5, 0.6) is 0 Å². The molecule has 8 heteroatoms. The molecule has 0 amide bonds. The molecule has 4 rings (SSSR count). The molecule has 0 atom stereocenters. The molecule has 1 aliphatic rings. The molecule has 0 saturated carbocycles. The van der Waals surface area contributed by atoms with Crippen molar-refractivity contribution < 1.29 is 5.11 Å². The van der Waals surface area contributed by atoms with Crippen molar-refractivity contribution in [2.75, 3.05) is 24.6 Å². The van der Waals surface area contributed by atoms with Gasteiger partial charge in [0.2, 0.25) is 0 Å². The van der Waals surface area contributed by atoms with Gasteiger partial charge in [-0.25, -0.2) is 9.97 Å². The van der Waals surface area contributed by atoms with Gasteiger partial charge in [0.25, 0.3) is 0 Å². The fourth-order valence-corrected chi connectivity index (χ4v) is 5.69. The molecule has 3 aromatic rings. The number of hydrogen-bond donors (Lipinski definition) is 1. The molecule has 3 heterocycles. The summed E-state index contributed by atoms with van der Waals surface area (Å²) in [6.07, 6.45) is 4.02. The van der Waals surface area contributed by atoms with E-state index in [-0.39, 0.29) is 6.61 Å². The topological polar surface area (TPSA) is 54.2 Å². The lowest BCUT2D eigenvalue weighted by Crippen LogP contribution is -2.35. The maximum atomic E-state index is 9.44. The van der Waals surface area contributed by atoms with Gasteiger partial charge in [0.1, 0.15) is 11.6 Å². The Labute approximate surface area is 187 Å². The van der Waals surface area contributed by atoms with Gasteiger partial charge in [0.05, 0.1) is 16.1 Å². The van der Waals surface area contributed by atoms with E-state index in [0.717, 1.165) is 63.4 Å². The lowest BCUT2D eigenvalue weighted by atomic mass is 9.98. The Bertz CT molecular complexity index is 1020. The van der Waals surface area contributed by atoms with E-state index in [0.29, 0.717) is 16.0 Å². The number of aliphatic hydroxyl groups excluding tert-OH is 1. The molecule has 0 aliphatic carbocycles. The number of benzene rings is 1. The standard InChI is InChI=1S/C20H21Cl2IN4O/c1-11-9-27(18-15(22)7-14(21)8-16(18)23)20-17(11)19(24-12(2)25-20)26-5-3-13(10-28)4-6-26/h7-9,13,28H,3-6,10H2,1-2H3. The Balaban J connectivity index is 1.88. The van der Waals surface area contributed by atoms with E-state index in [4.69, 9.17) is 33.2 Å². The third kappa shape index (κ3) is 3.60. The van der Waals surface area contributed by atoms with Gasteiger partial charge in [-0.1, -0.05) is 23.2 Å². The second kappa shape index (κ2) is 7.97. The van der Waals surface area contributed by atoms with E-state index in [2.05, 4.69) is 40.6 Å². The highest BCUT2D eigenvalue weighted by Gasteiger charge is 2.25. The molecule has 0 spiro atoms. The summed E-state index contributed by atoms with van der Waals surface area (Å²) in [5, 5.41) is 11.7. The number of aromatic nitrogens is 3. The minimum atomic E-state index is 0.259. The van der Waals surface area contributed by atoms with Crippen molar-refractivity contribution in [1.29, 1.82) is 0 Å². The van der Waals surface area contributed by atoms with Crippen molar-refractivity contribution in [2.24, 2.45) is 5.92 Å². The number of aryl methyl sites for hydroxylation is 2. The lowest BCUT2D eigenvalue weighted by Gasteiger charge is -2.32. The number of anilines is 1. The summed E-state index contributed by atoms with van der Waals surface area (Å²) in [7, 11) is 0. The van der Waals surface area contributed by atoms with Crippen LogP contribution in [0, 0.1) is 23.3 Å². The Kier molecular flexibility index (Phi) is 5.75. The van der Waals surface area contributed by atoms with Crippen molar-refractivity contribution in [1.82, 2.24) is 14.5 Å².